The van der Waals surface area contributed by atoms with Gasteiger partial charge in [0.1, 0.15) is 0 Å². The Labute approximate surface area is 219 Å². The number of anilines is 4. The van der Waals surface area contributed by atoms with Crippen molar-refractivity contribution in [3.63, 3.8) is 0 Å². The van der Waals surface area contributed by atoms with Crippen molar-refractivity contribution >= 4 is 28.8 Å². The van der Waals surface area contributed by atoms with Crippen LogP contribution in [0, 0.1) is 6.92 Å². The monoisotopic (exact) mass is 491 g/mol. The smallest absolute Gasteiger partial charge is 0.412 e. The molecule has 0 aliphatic carbocycles. The quantitative estimate of drug-likeness (QED) is 0.286. The number of carbonyl (C=O) groups excluding carboxylic acids is 1. The van der Waals surface area contributed by atoms with Crippen LogP contribution in [0.3, 0.4) is 0 Å². The average Bonchev–Trinajstić information content (AvgIpc) is 2.93. The minimum atomic E-state index is -0.505. The number of hydrogen-bond donors (Lipinski definition) is 1. The highest BCUT2D eigenvalue weighted by atomic mass is 16.6. The third kappa shape index (κ3) is 5.03. The molecular formula is C32H33N3O2. The van der Waals surface area contributed by atoms with E-state index < -0.39 is 12.2 Å². The van der Waals surface area contributed by atoms with Crippen molar-refractivity contribution in [1.29, 1.82) is 0 Å². The van der Waals surface area contributed by atoms with Gasteiger partial charge in [-0.15, -0.1) is 0 Å². The van der Waals surface area contributed by atoms with Gasteiger partial charge in [0.2, 0.25) is 0 Å². The average molecular weight is 492 g/mol. The van der Waals surface area contributed by atoms with Crippen molar-refractivity contribution in [2.45, 2.75) is 33.4 Å². The van der Waals surface area contributed by atoms with E-state index in [-0.39, 0.29) is 0 Å². The first-order valence-electron chi connectivity index (χ1n) is 12.9. The molecule has 188 valence electrons. The van der Waals surface area contributed by atoms with Crippen molar-refractivity contribution in [3.05, 3.63) is 119 Å². The highest BCUT2D eigenvalue weighted by Crippen LogP contribution is 2.46. The van der Waals surface area contributed by atoms with Gasteiger partial charge in [0, 0.05) is 53.5 Å². The van der Waals surface area contributed by atoms with Gasteiger partial charge in [0.15, 0.2) is 6.10 Å². The third-order valence-electron chi connectivity index (χ3n) is 7.00. The lowest BCUT2D eigenvalue weighted by Gasteiger charge is -2.37. The predicted molar refractivity (Wildman–Crippen MR) is 152 cm³/mol. The second-order valence-electron chi connectivity index (χ2n) is 9.27. The molecule has 4 aromatic rings. The number of aryl methyl sites for hydroxylation is 1. The van der Waals surface area contributed by atoms with E-state index in [1.165, 1.54) is 5.56 Å². The van der Waals surface area contributed by atoms with Crippen molar-refractivity contribution in [1.82, 2.24) is 0 Å². The number of nitrogens with zero attached hydrogens (tertiary/aromatic N) is 2. The van der Waals surface area contributed by atoms with Crippen molar-refractivity contribution in [2.75, 3.05) is 28.2 Å². The van der Waals surface area contributed by atoms with Gasteiger partial charge < -0.3 is 14.5 Å². The molecule has 5 rings (SSSR count). The number of amides is 1. The van der Waals surface area contributed by atoms with E-state index in [2.05, 4.69) is 71.4 Å². The molecule has 0 bridgehead atoms. The van der Waals surface area contributed by atoms with E-state index in [9.17, 15) is 4.79 Å². The molecule has 0 aromatic heterocycles. The summed E-state index contributed by atoms with van der Waals surface area (Å²) in [4.78, 5) is 17.8. The molecule has 4 aromatic carbocycles. The lowest BCUT2D eigenvalue weighted by atomic mass is 9.92. The molecule has 37 heavy (non-hydrogen) atoms. The Bertz CT molecular complexity index is 1330. The van der Waals surface area contributed by atoms with Crippen LogP contribution in [0.2, 0.25) is 0 Å². The summed E-state index contributed by atoms with van der Waals surface area (Å²) in [7, 11) is 0. The molecule has 1 heterocycles. The molecule has 0 saturated heterocycles. The molecule has 1 N–H and O–H groups in total. The number of para-hydroxylation sites is 2. The molecular weight excluding hydrogens is 458 g/mol. The van der Waals surface area contributed by atoms with E-state index in [0.29, 0.717) is 0 Å². The van der Waals surface area contributed by atoms with Gasteiger partial charge in [0.25, 0.3) is 0 Å². The topological polar surface area (TPSA) is 44.8 Å². The van der Waals surface area contributed by atoms with Crippen LogP contribution in [0.25, 0.3) is 0 Å². The Kier molecular flexibility index (Phi) is 7.13. The maximum Gasteiger partial charge on any atom is 0.412 e. The summed E-state index contributed by atoms with van der Waals surface area (Å²) in [5, 5.41) is 2.98. The number of carbonyl (C=O) groups is 1. The van der Waals surface area contributed by atoms with E-state index in [4.69, 9.17) is 4.74 Å². The lowest BCUT2D eigenvalue weighted by Crippen LogP contribution is -2.28. The largest absolute Gasteiger partial charge is 0.436 e. The van der Waals surface area contributed by atoms with Gasteiger partial charge in [-0.1, -0.05) is 66.7 Å². The van der Waals surface area contributed by atoms with Gasteiger partial charge >= 0.3 is 6.09 Å². The fraction of sp³-hybridized carbons (Fsp3) is 0.219. The van der Waals surface area contributed by atoms with Gasteiger partial charge in [-0.25, -0.2) is 4.79 Å². The van der Waals surface area contributed by atoms with E-state index in [1.807, 2.05) is 61.5 Å². The maximum absolute atomic E-state index is 13.2. The first kappa shape index (κ1) is 24.4. The zero-order chi connectivity index (χ0) is 25.8. The van der Waals surface area contributed by atoms with E-state index in [1.54, 1.807) is 0 Å². The van der Waals surface area contributed by atoms with Crippen LogP contribution >= 0.6 is 0 Å². The number of fused-ring (bicyclic) bond motifs is 2. The number of ether oxygens (including phenoxy) is 1. The minimum Gasteiger partial charge on any atom is -0.436 e. The van der Waals surface area contributed by atoms with E-state index >= 15 is 0 Å². The molecule has 0 saturated carbocycles. The van der Waals surface area contributed by atoms with Crippen LogP contribution in [0.4, 0.5) is 27.5 Å². The number of hydrogen-bond acceptors (Lipinski definition) is 4. The normalized spacial score (nSPS) is 12.5. The zero-order valence-corrected chi connectivity index (χ0v) is 21.6. The molecule has 0 radical (unpaired) electrons. The Morgan fingerprint density at radius 1 is 0.838 bits per heavy atom. The van der Waals surface area contributed by atoms with Crippen molar-refractivity contribution < 1.29 is 9.53 Å². The SMILES string of the molecule is CCN(CC)c1ccc(NC(=O)OC2c3ccccc3N(Cc3ccccc3)c3ccccc32)c(C)c1. The zero-order valence-electron chi connectivity index (χ0n) is 21.6. The first-order chi connectivity index (χ1) is 18.1. The Morgan fingerprint density at radius 2 is 1.43 bits per heavy atom. The second-order valence-corrected chi connectivity index (χ2v) is 9.27. The first-order valence-corrected chi connectivity index (χ1v) is 12.9. The molecule has 0 spiro atoms. The highest BCUT2D eigenvalue weighted by Gasteiger charge is 2.32. The Morgan fingerprint density at radius 3 is 2.03 bits per heavy atom. The molecule has 5 heteroatoms. The molecule has 1 aliphatic heterocycles. The number of benzene rings is 4. The predicted octanol–water partition coefficient (Wildman–Crippen LogP) is 7.83. The fourth-order valence-corrected chi connectivity index (χ4v) is 5.09. The van der Waals surface area contributed by atoms with Crippen LogP contribution in [-0.4, -0.2) is 19.2 Å². The lowest BCUT2D eigenvalue weighted by molar-refractivity contribution is 0.130. The third-order valence-corrected chi connectivity index (χ3v) is 7.00. The number of nitrogens with one attached hydrogen (secondary N) is 1. The summed E-state index contributed by atoms with van der Waals surface area (Å²) in [5.74, 6) is 0. The Balaban J connectivity index is 1.42. The molecule has 0 atom stereocenters. The summed E-state index contributed by atoms with van der Waals surface area (Å²) in [6, 6.07) is 32.9. The van der Waals surface area contributed by atoms with Crippen LogP contribution in [-0.2, 0) is 11.3 Å². The highest BCUT2D eigenvalue weighted by molar-refractivity contribution is 5.87. The fourth-order valence-electron chi connectivity index (χ4n) is 5.09. The van der Waals surface area contributed by atoms with Crippen molar-refractivity contribution in [2.24, 2.45) is 0 Å². The Hall–Kier alpha value is -4.25. The molecule has 1 aliphatic rings. The maximum atomic E-state index is 13.2. The van der Waals surface area contributed by atoms with Crippen LogP contribution in [0.1, 0.15) is 42.2 Å². The van der Waals surface area contributed by atoms with Gasteiger partial charge in [0.05, 0.1) is 0 Å². The molecule has 0 unspecified atom stereocenters. The number of rotatable bonds is 7. The molecule has 1 amide bonds. The van der Waals surface area contributed by atoms with Gasteiger partial charge in [-0.3, -0.25) is 5.32 Å². The summed E-state index contributed by atoms with van der Waals surface area (Å²) < 4.78 is 6.13. The molecule has 5 nitrogen and oxygen atoms in total. The van der Waals surface area contributed by atoms with Gasteiger partial charge in [-0.2, -0.15) is 0 Å². The summed E-state index contributed by atoms with van der Waals surface area (Å²) in [5.41, 5.74) is 8.15. The van der Waals surface area contributed by atoms with Crippen LogP contribution < -0.4 is 15.1 Å². The van der Waals surface area contributed by atoms with Crippen LogP contribution in [0.5, 0.6) is 0 Å². The standard InChI is InChI=1S/C32H33N3O2/c1-4-34(5-2)25-19-20-28(23(3)21-25)33-32(36)37-31-26-15-9-11-17-29(26)35(22-24-13-7-6-8-14-24)30-18-12-10-16-27(30)31/h6-21,31H,4-5,22H2,1-3H3,(H,33,36). The second kappa shape index (κ2) is 10.8. The summed E-state index contributed by atoms with van der Waals surface area (Å²) in [6.07, 6.45) is -0.973. The van der Waals surface area contributed by atoms with E-state index in [0.717, 1.165) is 59.1 Å². The summed E-state index contributed by atoms with van der Waals surface area (Å²) >= 11 is 0. The van der Waals surface area contributed by atoms with Crippen LogP contribution in [0.15, 0.2) is 97.1 Å². The van der Waals surface area contributed by atoms with Gasteiger partial charge in [-0.05, 0) is 62.2 Å². The van der Waals surface area contributed by atoms with Crippen molar-refractivity contribution in [3.8, 4) is 0 Å². The summed E-state index contributed by atoms with van der Waals surface area (Å²) in [6.45, 7) is 8.90. The molecule has 0 fully saturated rings. The minimum absolute atomic E-state index is 0.468.